The first-order valence-corrected chi connectivity index (χ1v) is 8.95. The zero-order valence-electron chi connectivity index (χ0n) is 12.3. The molecule has 0 bridgehead atoms. The maximum atomic E-state index is 13.8. The SMILES string of the molecule is CCN1CCN(S(=O)(=O)c2cc(C)c(F)c(CCl)c2)CC1. The minimum absolute atomic E-state index is 0.0420. The molecule has 1 aliphatic rings. The molecular weight excluding hydrogens is 315 g/mol. The summed E-state index contributed by atoms with van der Waals surface area (Å²) in [6, 6.07) is 2.73. The van der Waals surface area contributed by atoms with Crippen molar-refractivity contribution in [2.24, 2.45) is 0 Å². The Morgan fingerprint density at radius 1 is 1.24 bits per heavy atom. The van der Waals surface area contributed by atoms with Crippen molar-refractivity contribution in [2.75, 3.05) is 32.7 Å². The van der Waals surface area contributed by atoms with Crippen LogP contribution in [0.3, 0.4) is 0 Å². The van der Waals surface area contributed by atoms with Gasteiger partial charge in [-0.15, -0.1) is 11.6 Å². The summed E-state index contributed by atoms with van der Waals surface area (Å²) in [6.07, 6.45) is 0. The number of benzene rings is 1. The molecule has 0 N–H and O–H groups in total. The Hall–Kier alpha value is -0.690. The molecule has 0 aliphatic carbocycles. The number of sulfonamides is 1. The summed E-state index contributed by atoms with van der Waals surface area (Å²) in [7, 11) is -3.58. The first kappa shape index (κ1) is 16.7. The zero-order valence-corrected chi connectivity index (χ0v) is 13.8. The van der Waals surface area contributed by atoms with Crippen LogP contribution in [0.2, 0.25) is 0 Å². The molecule has 1 aromatic rings. The van der Waals surface area contributed by atoms with Gasteiger partial charge in [0.2, 0.25) is 10.0 Å². The van der Waals surface area contributed by atoms with Crippen LogP contribution in [0, 0.1) is 12.7 Å². The van der Waals surface area contributed by atoms with Crippen LogP contribution in [0.1, 0.15) is 18.1 Å². The Morgan fingerprint density at radius 3 is 2.38 bits per heavy atom. The predicted octanol–water partition coefficient (Wildman–Crippen LogP) is 2.20. The second-order valence-corrected chi connectivity index (χ2v) is 7.39. The van der Waals surface area contributed by atoms with Gasteiger partial charge in [0, 0.05) is 31.7 Å². The predicted molar refractivity (Wildman–Crippen MR) is 81.6 cm³/mol. The van der Waals surface area contributed by atoms with Gasteiger partial charge >= 0.3 is 0 Å². The first-order chi connectivity index (χ1) is 9.90. The minimum atomic E-state index is -3.58. The number of rotatable bonds is 4. The fourth-order valence-corrected chi connectivity index (χ4v) is 4.24. The average Bonchev–Trinajstić information content (AvgIpc) is 2.49. The number of aryl methyl sites for hydroxylation is 1. The largest absolute Gasteiger partial charge is 0.301 e. The van der Waals surface area contributed by atoms with Gasteiger partial charge in [-0.25, -0.2) is 12.8 Å². The molecule has 0 amide bonds. The molecule has 21 heavy (non-hydrogen) atoms. The van der Waals surface area contributed by atoms with E-state index >= 15 is 0 Å². The Balaban J connectivity index is 2.30. The Morgan fingerprint density at radius 2 is 1.86 bits per heavy atom. The van der Waals surface area contributed by atoms with Crippen molar-refractivity contribution >= 4 is 21.6 Å². The number of piperazine rings is 1. The lowest BCUT2D eigenvalue weighted by Crippen LogP contribution is -2.48. The molecule has 1 aromatic carbocycles. The molecule has 0 spiro atoms. The van der Waals surface area contributed by atoms with Crippen LogP contribution in [0.5, 0.6) is 0 Å². The van der Waals surface area contributed by atoms with E-state index in [1.807, 2.05) is 0 Å². The molecule has 118 valence electrons. The second kappa shape index (κ2) is 6.60. The highest BCUT2D eigenvalue weighted by Gasteiger charge is 2.29. The lowest BCUT2D eigenvalue weighted by molar-refractivity contribution is 0.196. The smallest absolute Gasteiger partial charge is 0.243 e. The summed E-state index contributed by atoms with van der Waals surface area (Å²) in [5.74, 6) is -0.473. The van der Waals surface area contributed by atoms with Crippen LogP contribution in [0.25, 0.3) is 0 Å². The molecule has 1 saturated heterocycles. The number of hydrogen-bond acceptors (Lipinski definition) is 3. The van der Waals surface area contributed by atoms with Crippen LogP contribution in [0.4, 0.5) is 4.39 Å². The standard InChI is InChI=1S/C14H20ClFN2O2S/c1-3-17-4-6-18(7-5-17)21(19,20)13-8-11(2)14(16)12(9-13)10-15/h8-9H,3-7,10H2,1-2H3. The first-order valence-electron chi connectivity index (χ1n) is 6.97. The highest BCUT2D eigenvalue weighted by Crippen LogP contribution is 2.24. The summed E-state index contributed by atoms with van der Waals surface area (Å²) in [4.78, 5) is 2.33. The van der Waals surface area contributed by atoms with Crippen molar-refractivity contribution < 1.29 is 12.8 Å². The van der Waals surface area contributed by atoms with Crippen molar-refractivity contribution in [1.82, 2.24) is 9.21 Å². The van der Waals surface area contributed by atoms with E-state index in [2.05, 4.69) is 11.8 Å². The zero-order chi connectivity index (χ0) is 15.6. The molecule has 1 aliphatic heterocycles. The van der Waals surface area contributed by atoms with Gasteiger partial charge < -0.3 is 4.90 Å². The number of alkyl halides is 1. The third-order valence-electron chi connectivity index (χ3n) is 3.86. The molecule has 0 atom stereocenters. The summed E-state index contributed by atoms with van der Waals surface area (Å²) in [5.41, 5.74) is 0.529. The molecule has 1 fully saturated rings. The van der Waals surface area contributed by atoms with Crippen molar-refractivity contribution in [3.05, 3.63) is 29.1 Å². The lowest BCUT2D eigenvalue weighted by atomic mass is 10.1. The number of halogens is 2. The van der Waals surface area contributed by atoms with E-state index in [4.69, 9.17) is 11.6 Å². The van der Waals surface area contributed by atoms with Crippen LogP contribution in [0.15, 0.2) is 17.0 Å². The molecule has 7 heteroatoms. The third-order valence-corrected chi connectivity index (χ3v) is 6.03. The Kier molecular flexibility index (Phi) is 5.24. The number of hydrogen-bond donors (Lipinski definition) is 0. The molecular formula is C14H20ClFN2O2S. The molecule has 0 saturated carbocycles. The topological polar surface area (TPSA) is 40.6 Å². The summed E-state index contributed by atoms with van der Waals surface area (Å²) < 4.78 is 40.6. The van der Waals surface area contributed by atoms with Crippen LogP contribution in [-0.4, -0.2) is 50.3 Å². The number of nitrogens with zero attached hydrogens (tertiary/aromatic N) is 2. The third kappa shape index (κ3) is 3.39. The molecule has 2 rings (SSSR count). The van der Waals surface area contributed by atoms with E-state index in [-0.39, 0.29) is 16.3 Å². The van der Waals surface area contributed by atoms with Crippen LogP contribution < -0.4 is 0 Å². The molecule has 0 aromatic heterocycles. The van der Waals surface area contributed by atoms with Gasteiger partial charge in [-0.1, -0.05) is 6.92 Å². The van der Waals surface area contributed by atoms with Gasteiger partial charge in [-0.05, 0) is 31.2 Å². The highest BCUT2D eigenvalue weighted by molar-refractivity contribution is 7.89. The van der Waals surface area contributed by atoms with Crippen molar-refractivity contribution in [3.8, 4) is 0 Å². The molecule has 1 heterocycles. The monoisotopic (exact) mass is 334 g/mol. The molecule has 0 radical (unpaired) electrons. The van der Waals surface area contributed by atoms with E-state index in [0.717, 1.165) is 19.6 Å². The number of likely N-dealkylation sites (N-methyl/N-ethyl adjacent to an activating group) is 1. The maximum Gasteiger partial charge on any atom is 0.243 e. The Labute approximate surface area is 130 Å². The second-order valence-electron chi connectivity index (χ2n) is 5.19. The van der Waals surface area contributed by atoms with E-state index in [1.54, 1.807) is 6.92 Å². The fraction of sp³-hybridized carbons (Fsp3) is 0.571. The highest BCUT2D eigenvalue weighted by atomic mass is 35.5. The van der Waals surface area contributed by atoms with E-state index in [9.17, 15) is 12.8 Å². The summed E-state index contributed by atoms with van der Waals surface area (Å²) in [6.45, 7) is 6.89. The average molecular weight is 335 g/mol. The normalized spacial score (nSPS) is 18.1. The van der Waals surface area contributed by atoms with Crippen molar-refractivity contribution in [2.45, 2.75) is 24.6 Å². The van der Waals surface area contributed by atoms with Gasteiger partial charge in [0.15, 0.2) is 0 Å². The molecule has 0 unspecified atom stereocenters. The van der Waals surface area contributed by atoms with Crippen molar-refractivity contribution in [3.63, 3.8) is 0 Å². The van der Waals surface area contributed by atoms with Gasteiger partial charge in [-0.2, -0.15) is 4.31 Å². The Bertz CT molecular complexity index is 614. The maximum absolute atomic E-state index is 13.8. The van der Waals surface area contributed by atoms with Crippen LogP contribution >= 0.6 is 11.6 Å². The summed E-state index contributed by atoms with van der Waals surface area (Å²) in [5, 5.41) is 0. The lowest BCUT2D eigenvalue weighted by Gasteiger charge is -2.33. The molecule has 4 nitrogen and oxygen atoms in total. The van der Waals surface area contributed by atoms with Gasteiger partial charge in [0.05, 0.1) is 10.8 Å². The van der Waals surface area contributed by atoms with Gasteiger partial charge in [0.1, 0.15) is 5.82 Å². The van der Waals surface area contributed by atoms with Crippen LogP contribution in [-0.2, 0) is 15.9 Å². The van der Waals surface area contributed by atoms with Gasteiger partial charge in [0.25, 0.3) is 0 Å². The van der Waals surface area contributed by atoms with E-state index in [1.165, 1.54) is 16.4 Å². The van der Waals surface area contributed by atoms with Gasteiger partial charge in [-0.3, -0.25) is 0 Å². The quantitative estimate of drug-likeness (QED) is 0.793. The summed E-state index contributed by atoms with van der Waals surface area (Å²) >= 11 is 5.69. The van der Waals surface area contributed by atoms with Crippen molar-refractivity contribution in [1.29, 1.82) is 0 Å². The van der Waals surface area contributed by atoms with E-state index < -0.39 is 15.8 Å². The van der Waals surface area contributed by atoms with E-state index in [0.29, 0.717) is 18.7 Å². The minimum Gasteiger partial charge on any atom is -0.301 e. The fourth-order valence-electron chi connectivity index (χ4n) is 2.49.